The molecule has 0 aromatic carbocycles. The van der Waals surface area contributed by atoms with E-state index in [0.29, 0.717) is 5.92 Å². The van der Waals surface area contributed by atoms with Gasteiger partial charge in [-0.25, -0.2) is 0 Å². The average Bonchev–Trinajstić information content (AvgIpc) is 2.56. The molecule has 0 aliphatic rings. The van der Waals surface area contributed by atoms with Gasteiger partial charge in [0, 0.05) is 18.6 Å². The molecule has 0 aliphatic heterocycles. The first-order valence-electron chi connectivity index (χ1n) is 11.7. The third-order valence-electron chi connectivity index (χ3n) is 6.75. The number of ether oxygens (including phenoxy) is 3. The Morgan fingerprint density at radius 3 is 2.00 bits per heavy atom. The van der Waals surface area contributed by atoms with Crippen LogP contribution in [0, 0.1) is 16.7 Å². The zero-order valence-corrected chi connectivity index (χ0v) is 21.1. The highest BCUT2D eigenvalue weighted by Crippen LogP contribution is 2.40. The standard InChI is InChI=1S/C25H52O3/c1-12-14-15-22(13-2)18-26-19-23(6,7)21(5)28-25(10,11)24(8,9)16-17-27-20(3)4/h20-22H,12-19H2,1-11H3. The van der Waals surface area contributed by atoms with Crippen LogP contribution in [0.2, 0.25) is 0 Å². The Balaban J connectivity index is 4.66. The van der Waals surface area contributed by atoms with E-state index in [0.717, 1.165) is 26.2 Å². The van der Waals surface area contributed by atoms with E-state index in [-0.39, 0.29) is 28.6 Å². The highest BCUT2D eigenvalue weighted by atomic mass is 16.5. The van der Waals surface area contributed by atoms with Crippen molar-refractivity contribution in [2.75, 3.05) is 19.8 Å². The lowest BCUT2D eigenvalue weighted by Gasteiger charge is -2.46. The Morgan fingerprint density at radius 2 is 1.50 bits per heavy atom. The highest BCUT2D eigenvalue weighted by Gasteiger charge is 2.41. The van der Waals surface area contributed by atoms with Crippen molar-refractivity contribution in [1.82, 2.24) is 0 Å². The van der Waals surface area contributed by atoms with Gasteiger partial charge in [0.15, 0.2) is 0 Å². The van der Waals surface area contributed by atoms with Crippen LogP contribution in [0.15, 0.2) is 0 Å². The van der Waals surface area contributed by atoms with Gasteiger partial charge in [-0.1, -0.05) is 60.8 Å². The Bertz CT molecular complexity index is 399. The minimum Gasteiger partial charge on any atom is -0.381 e. The number of hydrogen-bond donors (Lipinski definition) is 0. The SMILES string of the molecule is CCCCC(CC)COCC(C)(C)C(C)OC(C)(C)C(C)(C)CCOC(C)C. The van der Waals surface area contributed by atoms with Crippen molar-refractivity contribution in [3.63, 3.8) is 0 Å². The molecule has 0 amide bonds. The van der Waals surface area contributed by atoms with Crippen molar-refractivity contribution in [2.45, 2.75) is 126 Å². The third kappa shape index (κ3) is 10.1. The van der Waals surface area contributed by atoms with Gasteiger partial charge in [-0.3, -0.25) is 0 Å². The van der Waals surface area contributed by atoms with Gasteiger partial charge in [0.25, 0.3) is 0 Å². The summed E-state index contributed by atoms with van der Waals surface area (Å²) < 4.78 is 18.6. The van der Waals surface area contributed by atoms with Gasteiger partial charge < -0.3 is 14.2 Å². The van der Waals surface area contributed by atoms with Crippen molar-refractivity contribution >= 4 is 0 Å². The van der Waals surface area contributed by atoms with E-state index in [1.807, 2.05) is 0 Å². The third-order valence-corrected chi connectivity index (χ3v) is 6.75. The van der Waals surface area contributed by atoms with Crippen LogP contribution in [-0.4, -0.2) is 37.6 Å². The van der Waals surface area contributed by atoms with Gasteiger partial charge in [0.2, 0.25) is 0 Å². The van der Waals surface area contributed by atoms with Crippen LogP contribution >= 0.6 is 0 Å². The number of unbranched alkanes of at least 4 members (excludes halogenated alkanes) is 1. The van der Waals surface area contributed by atoms with Gasteiger partial charge in [-0.05, 0) is 58.8 Å². The minimum absolute atomic E-state index is 0.0230. The monoisotopic (exact) mass is 400 g/mol. The Kier molecular flexibility index (Phi) is 12.5. The van der Waals surface area contributed by atoms with Gasteiger partial charge in [0.05, 0.1) is 24.4 Å². The molecule has 0 heterocycles. The van der Waals surface area contributed by atoms with Crippen LogP contribution in [0.5, 0.6) is 0 Å². The van der Waals surface area contributed by atoms with Crippen molar-refractivity contribution in [2.24, 2.45) is 16.7 Å². The smallest absolute Gasteiger partial charge is 0.0681 e. The molecule has 0 rings (SSSR count). The molecule has 2 atom stereocenters. The summed E-state index contributed by atoms with van der Waals surface area (Å²) in [6.45, 7) is 26.8. The lowest BCUT2D eigenvalue weighted by molar-refractivity contribution is -0.176. The molecule has 0 aromatic heterocycles. The molecule has 28 heavy (non-hydrogen) atoms. The number of hydrogen-bond acceptors (Lipinski definition) is 3. The van der Waals surface area contributed by atoms with Gasteiger partial charge in [-0.2, -0.15) is 0 Å². The second-order valence-electron chi connectivity index (χ2n) is 10.7. The van der Waals surface area contributed by atoms with Crippen LogP contribution in [0.1, 0.15) is 108 Å². The van der Waals surface area contributed by atoms with Gasteiger partial charge >= 0.3 is 0 Å². The maximum atomic E-state index is 6.64. The first-order valence-corrected chi connectivity index (χ1v) is 11.7. The highest BCUT2D eigenvalue weighted by molar-refractivity contribution is 4.90. The predicted octanol–water partition coefficient (Wildman–Crippen LogP) is 7.27. The molecule has 0 saturated carbocycles. The normalized spacial score (nSPS) is 15.9. The summed E-state index contributed by atoms with van der Waals surface area (Å²) in [5.41, 5.74) is -0.234. The Morgan fingerprint density at radius 1 is 0.893 bits per heavy atom. The maximum absolute atomic E-state index is 6.64. The zero-order chi connectivity index (χ0) is 22.0. The van der Waals surface area contributed by atoms with Crippen LogP contribution < -0.4 is 0 Å². The summed E-state index contributed by atoms with van der Waals surface area (Å²) in [7, 11) is 0. The van der Waals surface area contributed by atoms with E-state index >= 15 is 0 Å². The van der Waals surface area contributed by atoms with E-state index in [4.69, 9.17) is 14.2 Å². The van der Waals surface area contributed by atoms with Crippen LogP contribution in [0.3, 0.4) is 0 Å². The molecule has 0 aliphatic carbocycles. The summed E-state index contributed by atoms with van der Waals surface area (Å²) in [6.07, 6.45) is 6.42. The van der Waals surface area contributed by atoms with Crippen LogP contribution in [0.25, 0.3) is 0 Å². The summed E-state index contributed by atoms with van der Waals surface area (Å²) in [6, 6.07) is 0. The summed E-state index contributed by atoms with van der Waals surface area (Å²) in [4.78, 5) is 0. The lowest BCUT2D eigenvalue weighted by Crippen LogP contribution is -2.48. The summed E-state index contributed by atoms with van der Waals surface area (Å²) in [5.74, 6) is 0.684. The van der Waals surface area contributed by atoms with Crippen molar-refractivity contribution < 1.29 is 14.2 Å². The molecule has 0 fully saturated rings. The summed E-state index contributed by atoms with van der Waals surface area (Å²) >= 11 is 0. The minimum atomic E-state index is -0.239. The van der Waals surface area contributed by atoms with Crippen molar-refractivity contribution in [3.05, 3.63) is 0 Å². The summed E-state index contributed by atoms with van der Waals surface area (Å²) in [5, 5.41) is 0. The Labute approximate surface area is 177 Å². The molecule has 0 aromatic rings. The molecule has 2 unspecified atom stereocenters. The molecule has 170 valence electrons. The largest absolute Gasteiger partial charge is 0.381 e. The topological polar surface area (TPSA) is 27.7 Å². The number of rotatable bonds is 16. The lowest BCUT2D eigenvalue weighted by atomic mass is 9.74. The maximum Gasteiger partial charge on any atom is 0.0681 e. The van der Waals surface area contributed by atoms with E-state index in [9.17, 15) is 0 Å². The van der Waals surface area contributed by atoms with Crippen LogP contribution in [0.4, 0.5) is 0 Å². The molecular formula is C25H52O3. The fraction of sp³-hybridized carbons (Fsp3) is 1.00. The second kappa shape index (κ2) is 12.5. The molecule has 0 saturated heterocycles. The second-order valence-corrected chi connectivity index (χ2v) is 10.7. The average molecular weight is 401 g/mol. The molecule has 3 heteroatoms. The first-order chi connectivity index (χ1) is 12.8. The van der Waals surface area contributed by atoms with E-state index in [1.54, 1.807) is 0 Å². The van der Waals surface area contributed by atoms with Crippen molar-refractivity contribution in [1.29, 1.82) is 0 Å². The molecule has 3 nitrogen and oxygen atoms in total. The van der Waals surface area contributed by atoms with E-state index in [2.05, 4.69) is 76.2 Å². The van der Waals surface area contributed by atoms with Crippen LogP contribution in [-0.2, 0) is 14.2 Å². The van der Waals surface area contributed by atoms with Gasteiger partial charge in [-0.15, -0.1) is 0 Å². The van der Waals surface area contributed by atoms with Gasteiger partial charge in [0.1, 0.15) is 0 Å². The molecule has 0 radical (unpaired) electrons. The fourth-order valence-electron chi connectivity index (χ4n) is 3.12. The zero-order valence-electron chi connectivity index (χ0n) is 21.1. The van der Waals surface area contributed by atoms with E-state index in [1.165, 1.54) is 25.7 Å². The first kappa shape index (κ1) is 27.9. The Hall–Kier alpha value is -0.120. The van der Waals surface area contributed by atoms with E-state index < -0.39 is 0 Å². The molecule has 0 spiro atoms. The predicted molar refractivity (Wildman–Crippen MR) is 122 cm³/mol. The molecule has 0 N–H and O–H groups in total. The quantitative estimate of drug-likeness (QED) is 0.272. The molecular weight excluding hydrogens is 348 g/mol. The molecule has 0 bridgehead atoms. The fourth-order valence-corrected chi connectivity index (χ4v) is 3.12. The van der Waals surface area contributed by atoms with Crippen molar-refractivity contribution in [3.8, 4) is 0 Å².